The largest absolute Gasteiger partial charge is 0.346 e. The Bertz CT molecular complexity index is 808. The lowest BCUT2D eigenvalue weighted by Gasteiger charge is -2.24. The van der Waals surface area contributed by atoms with Gasteiger partial charge in [-0.05, 0) is 36.5 Å². The number of hydrogen-bond acceptors (Lipinski definition) is 4. The van der Waals surface area contributed by atoms with E-state index in [0.717, 1.165) is 19.3 Å². The zero-order chi connectivity index (χ0) is 14.9. The Morgan fingerprint density at radius 1 is 1.23 bits per heavy atom. The number of carbonyl (C=O) groups is 1. The summed E-state index contributed by atoms with van der Waals surface area (Å²) in [7, 11) is 0. The summed E-state index contributed by atoms with van der Waals surface area (Å²) < 4.78 is 1.51. The van der Waals surface area contributed by atoms with E-state index in [9.17, 15) is 4.79 Å². The lowest BCUT2D eigenvalue weighted by Crippen LogP contribution is -2.39. The Balaban J connectivity index is 1.50. The fourth-order valence-corrected chi connectivity index (χ4v) is 2.90. The number of amides is 1. The zero-order valence-corrected chi connectivity index (χ0v) is 11.9. The summed E-state index contributed by atoms with van der Waals surface area (Å²) in [5, 5.41) is 7.19. The Kier molecular flexibility index (Phi) is 3.07. The van der Waals surface area contributed by atoms with Crippen molar-refractivity contribution in [2.45, 2.75) is 25.3 Å². The highest BCUT2D eigenvalue weighted by Gasteiger charge is 2.22. The van der Waals surface area contributed by atoms with Crippen molar-refractivity contribution in [3.8, 4) is 0 Å². The summed E-state index contributed by atoms with van der Waals surface area (Å²) in [4.78, 5) is 20.5. The van der Waals surface area contributed by atoms with E-state index in [0.29, 0.717) is 5.78 Å². The van der Waals surface area contributed by atoms with Crippen molar-refractivity contribution in [3.63, 3.8) is 0 Å². The minimum Gasteiger partial charge on any atom is -0.346 e. The highest BCUT2D eigenvalue weighted by molar-refractivity contribution is 5.91. The maximum absolute atomic E-state index is 12.3. The van der Waals surface area contributed by atoms with E-state index in [1.54, 1.807) is 18.5 Å². The molecule has 0 radical (unpaired) electrons. The molecule has 22 heavy (non-hydrogen) atoms. The molecule has 2 aromatic heterocycles. The maximum Gasteiger partial charge on any atom is 0.291 e. The zero-order valence-electron chi connectivity index (χ0n) is 11.9. The Labute approximate surface area is 127 Å². The molecular weight excluding hydrogens is 278 g/mol. The molecule has 1 aliphatic rings. The molecule has 0 saturated carbocycles. The molecule has 1 aliphatic carbocycles. The van der Waals surface area contributed by atoms with E-state index in [-0.39, 0.29) is 17.8 Å². The van der Waals surface area contributed by atoms with E-state index in [4.69, 9.17) is 0 Å². The molecule has 3 aromatic rings. The molecule has 0 fully saturated rings. The molecule has 110 valence electrons. The third kappa shape index (κ3) is 2.32. The molecule has 6 nitrogen and oxygen atoms in total. The molecule has 1 aromatic carbocycles. The van der Waals surface area contributed by atoms with Crippen LogP contribution in [0.15, 0.2) is 42.7 Å². The van der Waals surface area contributed by atoms with Gasteiger partial charge in [0.15, 0.2) is 0 Å². The van der Waals surface area contributed by atoms with E-state index < -0.39 is 0 Å². The first-order chi connectivity index (χ1) is 10.8. The van der Waals surface area contributed by atoms with E-state index >= 15 is 0 Å². The predicted molar refractivity (Wildman–Crippen MR) is 80.5 cm³/mol. The second-order valence-electron chi connectivity index (χ2n) is 5.48. The Hall–Kier alpha value is -2.76. The first-order valence-electron chi connectivity index (χ1n) is 7.34. The number of benzene rings is 1. The third-order valence-corrected chi connectivity index (χ3v) is 4.00. The van der Waals surface area contributed by atoms with Gasteiger partial charge in [-0.2, -0.15) is 4.98 Å². The summed E-state index contributed by atoms with van der Waals surface area (Å²) in [5.41, 5.74) is 2.69. The van der Waals surface area contributed by atoms with Gasteiger partial charge in [-0.1, -0.05) is 24.3 Å². The Morgan fingerprint density at radius 2 is 2.09 bits per heavy atom. The van der Waals surface area contributed by atoms with Gasteiger partial charge in [0, 0.05) is 18.4 Å². The first-order valence-corrected chi connectivity index (χ1v) is 7.34. The van der Waals surface area contributed by atoms with Crippen molar-refractivity contribution in [3.05, 3.63) is 59.7 Å². The summed E-state index contributed by atoms with van der Waals surface area (Å²) in [5.74, 6) is 0.356. The molecule has 1 N–H and O–H groups in total. The van der Waals surface area contributed by atoms with Crippen LogP contribution >= 0.6 is 0 Å². The van der Waals surface area contributed by atoms with Crippen molar-refractivity contribution >= 4 is 11.7 Å². The van der Waals surface area contributed by atoms with Crippen LogP contribution in [0, 0.1) is 0 Å². The van der Waals surface area contributed by atoms with Gasteiger partial charge >= 0.3 is 0 Å². The minimum absolute atomic E-state index is 0.127. The van der Waals surface area contributed by atoms with Crippen molar-refractivity contribution in [2.24, 2.45) is 0 Å². The molecule has 0 bridgehead atoms. The number of aryl methyl sites for hydroxylation is 1. The molecule has 0 spiro atoms. The monoisotopic (exact) mass is 293 g/mol. The molecule has 1 unspecified atom stereocenters. The number of nitrogens with zero attached hydrogens (tertiary/aromatic N) is 4. The van der Waals surface area contributed by atoms with Crippen LogP contribution in [0.25, 0.3) is 5.78 Å². The lowest BCUT2D eigenvalue weighted by atomic mass is 9.88. The van der Waals surface area contributed by atoms with Gasteiger partial charge in [0.25, 0.3) is 11.7 Å². The predicted octanol–water partition coefficient (Wildman–Crippen LogP) is 1.41. The van der Waals surface area contributed by atoms with Crippen LogP contribution in [0.5, 0.6) is 0 Å². The number of carbonyl (C=O) groups excluding carboxylic acids is 1. The fourth-order valence-electron chi connectivity index (χ4n) is 2.90. The van der Waals surface area contributed by atoms with Crippen molar-refractivity contribution in [1.29, 1.82) is 0 Å². The first kappa shape index (κ1) is 12.9. The van der Waals surface area contributed by atoms with Gasteiger partial charge in [0.1, 0.15) is 0 Å². The molecule has 0 aliphatic heterocycles. The van der Waals surface area contributed by atoms with Crippen LogP contribution < -0.4 is 5.32 Å². The SMILES string of the molecule is O=C(NC1CCc2ccccc2C1)c1nc2ncccn2n1. The highest BCUT2D eigenvalue weighted by Crippen LogP contribution is 2.21. The normalized spacial score (nSPS) is 17.2. The number of rotatable bonds is 2. The van der Waals surface area contributed by atoms with Crippen molar-refractivity contribution in [1.82, 2.24) is 24.9 Å². The molecule has 0 saturated heterocycles. The van der Waals surface area contributed by atoms with Crippen LogP contribution in [-0.4, -0.2) is 31.5 Å². The summed E-state index contributed by atoms with van der Waals surface area (Å²) in [6.07, 6.45) is 6.13. The highest BCUT2D eigenvalue weighted by atomic mass is 16.2. The summed E-state index contributed by atoms with van der Waals surface area (Å²) in [6.45, 7) is 0. The topological polar surface area (TPSA) is 72.2 Å². The van der Waals surface area contributed by atoms with Crippen LogP contribution in [0.2, 0.25) is 0 Å². The molecule has 2 heterocycles. The number of aromatic nitrogens is 4. The number of nitrogens with one attached hydrogen (secondary N) is 1. The number of hydrogen-bond donors (Lipinski definition) is 1. The van der Waals surface area contributed by atoms with E-state index in [2.05, 4.69) is 38.6 Å². The maximum atomic E-state index is 12.3. The van der Waals surface area contributed by atoms with Gasteiger partial charge in [0.05, 0.1) is 0 Å². The smallest absolute Gasteiger partial charge is 0.291 e. The van der Waals surface area contributed by atoms with Crippen LogP contribution in [0.1, 0.15) is 28.2 Å². The molecule has 6 heteroatoms. The second kappa shape index (κ2) is 5.22. The van der Waals surface area contributed by atoms with Gasteiger partial charge in [-0.3, -0.25) is 4.79 Å². The van der Waals surface area contributed by atoms with Crippen LogP contribution in [0.3, 0.4) is 0 Å². The second-order valence-corrected chi connectivity index (χ2v) is 5.48. The standard InChI is InChI=1S/C16H15N5O/c22-15(14-19-16-17-8-3-9-21(16)20-14)18-13-7-6-11-4-1-2-5-12(11)10-13/h1-5,8-9,13H,6-7,10H2,(H,18,22). The lowest BCUT2D eigenvalue weighted by molar-refractivity contribution is 0.0923. The van der Waals surface area contributed by atoms with Crippen LogP contribution in [0.4, 0.5) is 0 Å². The molecule has 1 atom stereocenters. The fraction of sp³-hybridized carbons (Fsp3) is 0.250. The van der Waals surface area contributed by atoms with Crippen molar-refractivity contribution < 1.29 is 4.79 Å². The summed E-state index contributed by atoms with van der Waals surface area (Å²) in [6, 6.07) is 10.3. The average molecular weight is 293 g/mol. The number of fused-ring (bicyclic) bond motifs is 2. The minimum atomic E-state index is -0.241. The average Bonchev–Trinajstić information content (AvgIpc) is 2.99. The quantitative estimate of drug-likeness (QED) is 0.775. The summed E-state index contributed by atoms with van der Waals surface area (Å²) >= 11 is 0. The van der Waals surface area contributed by atoms with Gasteiger partial charge in [-0.25, -0.2) is 9.50 Å². The van der Waals surface area contributed by atoms with E-state index in [1.165, 1.54) is 15.6 Å². The molecule has 1 amide bonds. The Morgan fingerprint density at radius 3 is 2.95 bits per heavy atom. The van der Waals surface area contributed by atoms with Gasteiger partial charge in [-0.15, -0.1) is 5.10 Å². The van der Waals surface area contributed by atoms with Gasteiger partial charge in [0.2, 0.25) is 5.82 Å². The van der Waals surface area contributed by atoms with Crippen LogP contribution in [-0.2, 0) is 12.8 Å². The van der Waals surface area contributed by atoms with Gasteiger partial charge < -0.3 is 5.32 Å². The van der Waals surface area contributed by atoms with E-state index in [1.807, 2.05) is 6.07 Å². The molecule has 4 rings (SSSR count). The third-order valence-electron chi connectivity index (χ3n) is 4.00. The molecular formula is C16H15N5O. The van der Waals surface area contributed by atoms with Crippen molar-refractivity contribution in [2.75, 3.05) is 0 Å².